The number of carboxylic acids is 1. The molecule has 1 unspecified atom stereocenters. The molecule has 1 aromatic rings. The van der Waals surface area contributed by atoms with Crippen LogP contribution in [0.4, 0.5) is 10.5 Å². The van der Waals surface area contributed by atoms with Crippen molar-refractivity contribution in [3.05, 3.63) is 18.2 Å². The molecule has 0 aliphatic carbocycles. The van der Waals surface area contributed by atoms with Crippen molar-refractivity contribution in [2.75, 3.05) is 18.4 Å². The van der Waals surface area contributed by atoms with Crippen molar-refractivity contribution in [2.24, 2.45) is 5.41 Å². The Morgan fingerprint density at radius 2 is 2.10 bits per heavy atom. The first-order valence-corrected chi connectivity index (χ1v) is 6.55. The van der Waals surface area contributed by atoms with E-state index in [0.717, 1.165) is 6.42 Å². The summed E-state index contributed by atoms with van der Waals surface area (Å²) in [6.07, 6.45) is 4.30. The molecule has 1 aliphatic rings. The van der Waals surface area contributed by atoms with Crippen LogP contribution in [-0.4, -0.2) is 45.1 Å². The van der Waals surface area contributed by atoms with Crippen LogP contribution in [0.2, 0.25) is 0 Å². The Morgan fingerprint density at radius 3 is 2.60 bits per heavy atom. The molecule has 2 heterocycles. The average Bonchev–Trinajstić information content (AvgIpc) is 2.84. The molecule has 2 N–H and O–H groups in total. The summed E-state index contributed by atoms with van der Waals surface area (Å²) < 4.78 is 0. The second-order valence-corrected chi connectivity index (χ2v) is 5.21. The van der Waals surface area contributed by atoms with Crippen molar-refractivity contribution in [3.8, 4) is 0 Å². The summed E-state index contributed by atoms with van der Waals surface area (Å²) in [4.78, 5) is 32.9. The van der Waals surface area contributed by atoms with E-state index in [2.05, 4.69) is 15.3 Å². The van der Waals surface area contributed by atoms with E-state index in [9.17, 15) is 9.59 Å². The molecule has 1 aliphatic heterocycles. The van der Waals surface area contributed by atoms with Crippen LogP contribution in [0.1, 0.15) is 26.1 Å². The average molecular weight is 278 g/mol. The molecular formula is C13H18N4O3. The van der Waals surface area contributed by atoms with Gasteiger partial charge in [-0.2, -0.15) is 0 Å². The predicted octanol–water partition coefficient (Wildman–Crippen LogP) is 1.37. The van der Waals surface area contributed by atoms with Gasteiger partial charge in [-0.1, -0.05) is 6.92 Å². The van der Waals surface area contributed by atoms with Crippen molar-refractivity contribution >= 4 is 17.7 Å². The molecule has 7 heteroatoms. The standard InChI is InChI=1S/C13H18N4O3/c1-3-10-14-6-9(7-15-10)16-12(20)17-5-4-13(2,8-17)11(18)19/h6-7H,3-5,8H2,1-2H3,(H,16,20)(H,18,19). The van der Waals surface area contributed by atoms with Crippen LogP contribution in [-0.2, 0) is 11.2 Å². The Morgan fingerprint density at radius 1 is 1.45 bits per heavy atom. The number of carbonyl (C=O) groups is 2. The molecule has 1 saturated heterocycles. The molecule has 20 heavy (non-hydrogen) atoms. The maximum atomic E-state index is 12.0. The summed E-state index contributed by atoms with van der Waals surface area (Å²) in [7, 11) is 0. The molecule has 0 radical (unpaired) electrons. The Labute approximate surface area is 117 Å². The van der Waals surface area contributed by atoms with E-state index in [1.807, 2.05) is 6.92 Å². The lowest BCUT2D eigenvalue weighted by atomic mass is 9.90. The van der Waals surface area contributed by atoms with Gasteiger partial charge in [0.05, 0.1) is 23.5 Å². The van der Waals surface area contributed by atoms with E-state index < -0.39 is 11.4 Å². The van der Waals surface area contributed by atoms with Crippen LogP contribution >= 0.6 is 0 Å². The first-order chi connectivity index (χ1) is 9.44. The third kappa shape index (κ3) is 2.87. The normalized spacial score (nSPS) is 21.8. The summed E-state index contributed by atoms with van der Waals surface area (Å²) in [5.74, 6) is -0.161. The lowest BCUT2D eigenvalue weighted by Crippen LogP contribution is -2.37. The lowest BCUT2D eigenvalue weighted by molar-refractivity contribution is -0.146. The van der Waals surface area contributed by atoms with Crippen LogP contribution in [0, 0.1) is 5.41 Å². The number of anilines is 1. The van der Waals surface area contributed by atoms with E-state index in [1.54, 1.807) is 19.3 Å². The van der Waals surface area contributed by atoms with Gasteiger partial charge in [-0.25, -0.2) is 14.8 Å². The highest BCUT2D eigenvalue weighted by Crippen LogP contribution is 2.30. The van der Waals surface area contributed by atoms with Gasteiger partial charge in [-0.05, 0) is 13.3 Å². The van der Waals surface area contributed by atoms with E-state index in [0.29, 0.717) is 24.5 Å². The number of rotatable bonds is 3. The van der Waals surface area contributed by atoms with Gasteiger partial charge < -0.3 is 15.3 Å². The lowest BCUT2D eigenvalue weighted by Gasteiger charge is -2.20. The number of hydrogen-bond acceptors (Lipinski definition) is 4. The third-order valence-electron chi connectivity index (χ3n) is 3.55. The molecule has 0 aromatic carbocycles. The first kappa shape index (κ1) is 14.2. The summed E-state index contributed by atoms with van der Waals surface area (Å²) in [6, 6.07) is -0.317. The van der Waals surface area contributed by atoms with E-state index in [1.165, 1.54) is 4.90 Å². The minimum atomic E-state index is -0.872. The summed E-state index contributed by atoms with van der Waals surface area (Å²) in [5, 5.41) is 11.8. The second-order valence-electron chi connectivity index (χ2n) is 5.21. The van der Waals surface area contributed by atoms with Gasteiger partial charge >= 0.3 is 12.0 Å². The van der Waals surface area contributed by atoms with Gasteiger partial charge in [0.15, 0.2) is 0 Å². The Balaban J connectivity index is 1.97. The number of aryl methyl sites for hydroxylation is 1. The number of carbonyl (C=O) groups excluding carboxylic acids is 1. The zero-order chi connectivity index (χ0) is 14.8. The van der Waals surface area contributed by atoms with Crippen LogP contribution < -0.4 is 5.32 Å². The topological polar surface area (TPSA) is 95.4 Å². The number of urea groups is 1. The number of nitrogens with zero attached hydrogens (tertiary/aromatic N) is 3. The number of aliphatic carboxylic acids is 1. The van der Waals surface area contributed by atoms with Gasteiger partial charge in [0.1, 0.15) is 5.82 Å². The van der Waals surface area contributed by atoms with Crippen molar-refractivity contribution in [1.82, 2.24) is 14.9 Å². The SMILES string of the molecule is CCc1ncc(NC(=O)N2CCC(C)(C(=O)O)C2)cn1. The molecule has 0 bridgehead atoms. The maximum absolute atomic E-state index is 12.0. The molecule has 1 aromatic heterocycles. The maximum Gasteiger partial charge on any atom is 0.321 e. The molecule has 1 fully saturated rings. The molecule has 1 atom stereocenters. The summed E-state index contributed by atoms with van der Waals surface area (Å²) >= 11 is 0. The fourth-order valence-corrected chi connectivity index (χ4v) is 2.11. The van der Waals surface area contributed by atoms with E-state index in [-0.39, 0.29) is 12.6 Å². The predicted molar refractivity (Wildman–Crippen MR) is 72.4 cm³/mol. The number of carboxylic acid groups (broad SMARTS) is 1. The van der Waals surface area contributed by atoms with Crippen LogP contribution in [0.5, 0.6) is 0 Å². The number of hydrogen-bond donors (Lipinski definition) is 2. The molecule has 0 saturated carbocycles. The summed E-state index contributed by atoms with van der Waals surface area (Å²) in [5.41, 5.74) is -0.351. The third-order valence-corrected chi connectivity index (χ3v) is 3.55. The Hall–Kier alpha value is -2.18. The molecule has 108 valence electrons. The van der Waals surface area contributed by atoms with Crippen molar-refractivity contribution in [2.45, 2.75) is 26.7 Å². The van der Waals surface area contributed by atoms with Gasteiger partial charge in [-0.15, -0.1) is 0 Å². The molecular weight excluding hydrogens is 260 g/mol. The van der Waals surface area contributed by atoms with Crippen molar-refractivity contribution < 1.29 is 14.7 Å². The minimum absolute atomic E-state index is 0.210. The highest BCUT2D eigenvalue weighted by molar-refractivity contribution is 5.90. The molecule has 0 spiro atoms. The summed E-state index contributed by atoms with van der Waals surface area (Å²) in [6.45, 7) is 4.25. The highest BCUT2D eigenvalue weighted by atomic mass is 16.4. The second kappa shape index (κ2) is 5.44. The zero-order valence-corrected chi connectivity index (χ0v) is 11.6. The monoisotopic (exact) mass is 278 g/mol. The van der Waals surface area contributed by atoms with Crippen molar-refractivity contribution in [1.29, 1.82) is 0 Å². The highest BCUT2D eigenvalue weighted by Gasteiger charge is 2.42. The quantitative estimate of drug-likeness (QED) is 0.870. The van der Waals surface area contributed by atoms with E-state index >= 15 is 0 Å². The first-order valence-electron chi connectivity index (χ1n) is 6.55. The Bertz CT molecular complexity index is 517. The van der Waals surface area contributed by atoms with Gasteiger partial charge in [0.2, 0.25) is 0 Å². The Kier molecular flexibility index (Phi) is 3.87. The number of likely N-dealkylation sites (tertiary alicyclic amines) is 1. The van der Waals surface area contributed by atoms with Crippen LogP contribution in [0.3, 0.4) is 0 Å². The molecule has 2 amide bonds. The zero-order valence-electron chi connectivity index (χ0n) is 11.6. The smallest absolute Gasteiger partial charge is 0.321 e. The van der Waals surface area contributed by atoms with E-state index in [4.69, 9.17) is 5.11 Å². The number of amides is 2. The van der Waals surface area contributed by atoms with Crippen molar-refractivity contribution in [3.63, 3.8) is 0 Å². The van der Waals surface area contributed by atoms with Gasteiger partial charge in [0.25, 0.3) is 0 Å². The molecule has 7 nitrogen and oxygen atoms in total. The fourth-order valence-electron chi connectivity index (χ4n) is 2.11. The van der Waals surface area contributed by atoms with Crippen LogP contribution in [0.25, 0.3) is 0 Å². The fraction of sp³-hybridized carbons (Fsp3) is 0.538. The minimum Gasteiger partial charge on any atom is -0.481 e. The van der Waals surface area contributed by atoms with Gasteiger partial charge in [-0.3, -0.25) is 4.79 Å². The number of aromatic nitrogens is 2. The van der Waals surface area contributed by atoms with Gasteiger partial charge in [0, 0.05) is 19.5 Å². The molecule has 2 rings (SSSR count). The van der Waals surface area contributed by atoms with Crippen LogP contribution in [0.15, 0.2) is 12.4 Å². The largest absolute Gasteiger partial charge is 0.481 e. The number of nitrogens with one attached hydrogen (secondary N) is 1.